The number of carbonyl (C=O) groups excluding carboxylic acids is 2. The zero-order valence-corrected chi connectivity index (χ0v) is 20.4. The Hall–Kier alpha value is -1.11. The van der Waals surface area contributed by atoms with Crippen LogP contribution >= 0.6 is 7.82 Å². The number of phosphoric acid groups is 1. The SMILES string of the molecule is CCCC(=O)Nc1ccn([C@@H]2O[C@@H]3COP(=O)([O-])O[C@H]3[C@H]2OC(=O)CCC)c(=O)n1.[Na+]. The molecule has 1 N–H and O–H groups in total. The number of amides is 1. The van der Waals surface area contributed by atoms with Crippen LogP contribution in [-0.4, -0.2) is 46.3 Å². The van der Waals surface area contributed by atoms with Gasteiger partial charge in [-0.15, -0.1) is 0 Å². The van der Waals surface area contributed by atoms with E-state index >= 15 is 0 Å². The van der Waals surface area contributed by atoms with Gasteiger partial charge in [-0.2, -0.15) is 4.98 Å². The maximum atomic E-state index is 12.5. The van der Waals surface area contributed by atoms with E-state index in [2.05, 4.69) is 14.8 Å². The molecule has 3 rings (SSSR count). The Balaban J connectivity index is 0.00000341. The van der Waals surface area contributed by atoms with Crippen LogP contribution in [0.3, 0.4) is 0 Å². The second-order valence-corrected chi connectivity index (χ2v) is 8.25. The second-order valence-electron chi connectivity index (χ2n) is 6.88. The fourth-order valence-electron chi connectivity index (χ4n) is 3.19. The van der Waals surface area contributed by atoms with Crippen LogP contribution in [0.25, 0.3) is 0 Å². The summed E-state index contributed by atoms with van der Waals surface area (Å²) in [5.41, 5.74) is -0.782. The van der Waals surface area contributed by atoms with Gasteiger partial charge in [-0.25, -0.2) is 4.79 Å². The molecule has 31 heavy (non-hydrogen) atoms. The quantitative estimate of drug-likeness (QED) is 0.258. The molecule has 0 spiro atoms. The van der Waals surface area contributed by atoms with Gasteiger partial charge in [-0.3, -0.25) is 18.7 Å². The average Bonchev–Trinajstić information content (AvgIpc) is 2.98. The zero-order valence-electron chi connectivity index (χ0n) is 17.5. The average molecular weight is 467 g/mol. The number of aromatic nitrogens is 2. The summed E-state index contributed by atoms with van der Waals surface area (Å²) in [7, 11) is -4.59. The largest absolute Gasteiger partial charge is 1.00 e. The van der Waals surface area contributed by atoms with Crippen molar-refractivity contribution in [2.45, 2.75) is 64.1 Å². The molecule has 166 valence electrons. The van der Waals surface area contributed by atoms with Crippen LogP contribution in [0, 0.1) is 0 Å². The van der Waals surface area contributed by atoms with Crippen molar-refractivity contribution in [2.24, 2.45) is 0 Å². The van der Waals surface area contributed by atoms with Crippen LogP contribution in [0.1, 0.15) is 45.8 Å². The molecule has 1 aromatic rings. The number of hydrogen-bond acceptors (Lipinski definition) is 10. The number of rotatable bonds is 7. The van der Waals surface area contributed by atoms with Crippen molar-refractivity contribution in [3.63, 3.8) is 0 Å². The molecule has 1 unspecified atom stereocenters. The first-order chi connectivity index (χ1) is 14.2. The second kappa shape index (κ2) is 11.2. The summed E-state index contributed by atoms with van der Waals surface area (Å²) in [6.45, 7) is 3.29. The number of esters is 1. The molecule has 12 nitrogen and oxygen atoms in total. The Kier molecular flexibility index (Phi) is 9.41. The summed E-state index contributed by atoms with van der Waals surface area (Å²) in [5.74, 6) is -0.807. The molecule has 0 saturated carbocycles. The molecule has 0 bridgehead atoms. The Morgan fingerprint density at radius 1 is 1.35 bits per heavy atom. The minimum absolute atomic E-state index is 0. The van der Waals surface area contributed by atoms with Gasteiger partial charge in [0.05, 0.1) is 6.61 Å². The van der Waals surface area contributed by atoms with Gasteiger partial charge in [0.1, 0.15) is 18.0 Å². The minimum Gasteiger partial charge on any atom is -0.756 e. The van der Waals surface area contributed by atoms with Crippen LogP contribution in [0.5, 0.6) is 0 Å². The molecule has 1 amide bonds. The van der Waals surface area contributed by atoms with Crippen LogP contribution in [0.4, 0.5) is 5.82 Å². The minimum atomic E-state index is -4.59. The van der Waals surface area contributed by atoms with Crippen LogP contribution in [0.2, 0.25) is 0 Å². The van der Waals surface area contributed by atoms with Crippen LogP contribution < -0.4 is 45.5 Å². The summed E-state index contributed by atoms with van der Waals surface area (Å²) >= 11 is 0. The molecule has 1 aromatic heterocycles. The molecule has 2 saturated heterocycles. The Labute approximate surface area is 200 Å². The van der Waals surface area contributed by atoms with Gasteiger partial charge in [0, 0.05) is 19.0 Å². The third-order valence-corrected chi connectivity index (χ3v) is 5.47. The number of nitrogens with zero attached hydrogens (tertiary/aromatic N) is 2. The van der Waals surface area contributed by atoms with E-state index in [0.29, 0.717) is 12.8 Å². The van der Waals surface area contributed by atoms with Gasteiger partial charge in [0.15, 0.2) is 12.3 Å². The van der Waals surface area contributed by atoms with E-state index in [4.69, 9.17) is 14.0 Å². The molecule has 14 heteroatoms. The van der Waals surface area contributed by atoms with Crippen LogP contribution in [-0.2, 0) is 32.7 Å². The molecule has 5 atom stereocenters. The third-order valence-electron chi connectivity index (χ3n) is 4.50. The Bertz CT molecular complexity index is 911. The number of hydrogen-bond donors (Lipinski definition) is 1. The Morgan fingerprint density at radius 2 is 2.06 bits per heavy atom. The van der Waals surface area contributed by atoms with Crippen molar-refractivity contribution in [1.82, 2.24) is 9.55 Å². The summed E-state index contributed by atoms with van der Waals surface area (Å²) in [5, 5.41) is 2.51. The molecule has 0 aromatic carbocycles. The molecule has 2 aliphatic rings. The maximum Gasteiger partial charge on any atom is 1.00 e. The molecular formula is C17H23N3NaO9P. The van der Waals surface area contributed by atoms with Crippen molar-refractivity contribution in [3.05, 3.63) is 22.7 Å². The topological polar surface area (TPSA) is 158 Å². The van der Waals surface area contributed by atoms with E-state index in [-0.39, 0.29) is 60.7 Å². The summed E-state index contributed by atoms with van der Waals surface area (Å²) in [6, 6.07) is 1.39. The van der Waals surface area contributed by atoms with Crippen molar-refractivity contribution in [1.29, 1.82) is 0 Å². The number of phosphoric ester groups is 1. The van der Waals surface area contributed by atoms with Crippen LogP contribution in [0.15, 0.2) is 17.1 Å². The van der Waals surface area contributed by atoms with E-state index in [1.165, 1.54) is 12.3 Å². The summed E-state index contributed by atoms with van der Waals surface area (Å²) < 4.78 is 33.5. The van der Waals surface area contributed by atoms with E-state index < -0.39 is 44.0 Å². The fraction of sp³-hybridized carbons (Fsp3) is 0.647. The summed E-state index contributed by atoms with van der Waals surface area (Å²) in [4.78, 5) is 51.9. The van der Waals surface area contributed by atoms with Gasteiger partial charge in [-0.1, -0.05) is 13.8 Å². The normalized spacial score (nSPS) is 29.5. The Morgan fingerprint density at radius 3 is 2.71 bits per heavy atom. The fourth-order valence-corrected chi connectivity index (χ4v) is 4.13. The molecule has 2 aliphatic heterocycles. The van der Waals surface area contributed by atoms with E-state index in [1.807, 2.05) is 6.92 Å². The van der Waals surface area contributed by atoms with Gasteiger partial charge in [0.25, 0.3) is 7.82 Å². The standard InChI is InChI=1S/C17H24N3O9P.Na/c1-3-5-12(21)18-11-7-8-20(17(23)19-11)16-15(28-13(22)6-4-2)14-10(27-16)9-26-30(24,25)29-14;/h7-8,10,14-16H,3-6,9H2,1-2H3,(H,24,25)(H,18,19,21,23);/q;+1/p-1/t10-,14-,15-,16-;/m1./s1. The monoisotopic (exact) mass is 467 g/mol. The van der Waals surface area contributed by atoms with Crippen molar-refractivity contribution in [3.8, 4) is 0 Å². The maximum absolute atomic E-state index is 12.5. The van der Waals surface area contributed by atoms with E-state index in [9.17, 15) is 23.8 Å². The van der Waals surface area contributed by atoms with Gasteiger partial charge in [0.2, 0.25) is 5.91 Å². The number of fused-ring (bicyclic) bond motifs is 1. The van der Waals surface area contributed by atoms with Crippen molar-refractivity contribution >= 4 is 25.5 Å². The predicted molar refractivity (Wildman–Crippen MR) is 99.2 cm³/mol. The van der Waals surface area contributed by atoms with Crippen molar-refractivity contribution < 1.29 is 67.1 Å². The van der Waals surface area contributed by atoms with Gasteiger partial charge >= 0.3 is 41.2 Å². The first-order valence-corrected chi connectivity index (χ1v) is 11.1. The predicted octanol–water partition coefficient (Wildman–Crippen LogP) is -2.52. The third kappa shape index (κ3) is 6.45. The molecule has 0 radical (unpaired) electrons. The molecule has 0 aliphatic carbocycles. The first-order valence-electron chi connectivity index (χ1n) is 9.62. The molecule has 3 heterocycles. The number of nitrogens with one attached hydrogen (secondary N) is 1. The van der Waals surface area contributed by atoms with E-state index in [1.54, 1.807) is 6.92 Å². The first kappa shape index (κ1) is 26.1. The molecular weight excluding hydrogens is 444 g/mol. The molecule has 2 fully saturated rings. The number of anilines is 1. The van der Waals surface area contributed by atoms with Crippen molar-refractivity contribution in [2.75, 3.05) is 11.9 Å². The zero-order chi connectivity index (χ0) is 21.9. The van der Waals surface area contributed by atoms with Gasteiger partial charge in [-0.05, 0) is 18.9 Å². The van der Waals surface area contributed by atoms with E-state index in [0.717, 1.165) is 4.57 Å². The number of ether oxygens (including phenoxy) is 2. The smallest absolute Gasteiger partial charge is 0.756 e. The summed E-state index contributed by atoms with van der Waals surface area (Å²) in [6.07, 6.45) is -1.57. The van der Waals surface area contributed by atoms with Gasteiger partial charge < -0.3 is 28.7 Å². The number of carbonyl (C=O) groups is 2.